The van der Waals surface area contributed by atoms with Crippen LogP contribution in [0.3, 0.4) is 0 Å². The number of anilines is 2. The van der Waals surface area contributed by atoms with Gasteiger partial charge >= 0.3 is 0 Å². The van der Waals surface area contributed by atoms with Gasteiger partial charge in [0.1, 0.15) is 5.69 Å². The molecule has 1 fully saturated rings. The molecule has 0 unspecified atom stereocenters. The van der Waals surface area contributed by atoms with Crippen molar-refractivity contribution < 1.29 is 4.39 Å². The first kappa shape index (κ1) is 11.8. The molecule has 1 aliphatic carbocycles. The highest BCUT2D eigenvalue weighted by Gasteiger charge is 2.20. The van der Waals surface area contributed by atoms with Crippen LogP contribution < -0.4 is 11.1 Å². The number of hydrogen-bond donors (Lipinski definition) is 2. The molecule has 0 aromatic carbocycles. The van der Waals surface area contributed by atoms with Gasteiger partial charge in [-0.25, -0.2) is 14.4 Å². The summed E-state index contributed by atoms with van der Waals surface area (Å²) < 4.78 is 13.7. The molecule has 6 heteroatoms. The van der Waals surface area contributed by atoms with Crippen LogP contribution in [0.5, 0.6) is 0 Å². The van der Waals surface area contributed by atoms with E-state index in [0.717, 1.165) is 24.3 Å². The molecule has 5 nitrogen and oxygen atoms in total. The first-order valence-corrected chi connectivity index (χ1v) is 6.20. The number of hydrogen-bond acceptors (Lipinski definition) is 5. The van der Waals surface area contributed by atoms with Crippen LogP contribution in [0.4, 0.5) is 16.0 Å². The molecule has 1 saturated carbocycles. The molecular formula is C13H14FN5. The fourth-order valence-electron chi connectivity index (χ4n) is 1.81. The third-order valence-corrected chi connectivity index (χ3v) is 3.06. The molecule has 0 radical (unpaired) electrons. The van der Waals surface area contributed by atoms with Crippen molar-refractivity contribution >= 4 is 11.6 Å². The normalized spacial score (nSPS) is 14.4. The molecule has 0 bridgehead atoms. The fourth-order valence-corrected chi connectivity index (χ4v) is 1.81. The van der Waals surface area contributed by atoms with Crippen LogP contribution in [0, 0.1) is 11.7 Å². The maximum atomic E-state index is 13.7. The Labute approximate surface area is 110 Å². The van der Waals surface area contributed by atoms with Gasteiger partial charge < -0.3 is 11.1 Å². The van der Waals surface area contributed by atoms with Crippen LogP contribution in [0.25, 0.3) is 11.4 Å². The first-order chi connectivity index (χ1) is 9.22. The summed E-state index contributed by atoms with van der Waals surface area (Å²) in [5.74, 6) is 0.277. The third-order valence-electron chi connectivity index (χ3n) is 3.06. The van der Waals surface area contributed by atoms with Gasteiger partial charge in [-0.1, -0.05) is 0 Å². The maximum absolute atomic E-state index is 13.7. The second kappa shape index (κ2) is 4.79. The summed E-state index contributed by atoms with van der Waals surface area (Å²) in [4.78, 5) is 11.6. The molecule has 0 saturated heterocycles. The third kappa shape index (κ3) is 2.78. The van der Waals surface area contributed by atoms with Crippen molar-refractivity contribution in [3.8, 4) is 11.4 Å². The smallest absolute Gasteiger partial charge is 0.220 e. The standard InChI is InChI=1S/C13H14FN5/c14-10-7-18-13(15)19-12(10)11-5-9(3-4-16-11)17-6-8-1-2-8/h3-5,7-8H,1-2,6H2,(H,16,17)(H2,15,18,19). The van der Waals surface area contributed by atoms with E-state index in [1.807, 2.05) is 6.07 Å². The Morgan fingerprint density at radius 3 is 3.00 bits per heavy atom. The second-order valence-electron chi connectivity index (χ2n) is 4.68. The number of nitrogens with zero attached hydrogens (tertiary/aromatic N) is 3. The average Bonchev–Trinajstić information content (AvgIpc) is 3.24. The van der Waals surface area contributed by atoms with Crippen LogP contribution in [0.15, 0.2) is 24.5 Å². The van der Waals surface area contributed by atoms with Crippen molar-refractivity contribution in [2.45, 2.75) is 12.8 Å². The highest BCUT2D eigenvalue weighted by Crippen LogP contribution is 2.29. The number of nitrogen functional groups attached to an aromatic ring is 1. The Kier molecular flexibility index (Phi) is 2.98. The van der Waals surface area contributed by atoms with Crippen LogP contribution >= 0.6 is 0 Å². The Morgan fingerprint density at radius 2 is 2.21 bits per heavy atom. The van der Waals surface area contributed by atoms with Gasteiger partial charge in [0.25, 0.3) is 0 Å². The number of nitrogens with two attached hydrogens (primary N) is 1. The molecule has 1 aliphatic rings. The van der Waals surface area contributed by atoms with Crippen molar-refractivity contribution in [2.75, 3.05) is 17.6 Å². The summed E-state index contributed by atoms with van der Waals surface area (Å²) >= 11 is 0. The zero-order chi connectivity index (χ0) is 13.2. The van der Waals surface area contributed by atoms with Gasteiger partial charge in [0.05, 0.1) is 11.9 Å². The van der Waals surface area contributed by atoms with Gasteiger partial charge in [0, 0.05) is 18.4 Å². The van der Waals surface area contributed by atoms with E-state index in [1.165, 1.54) is 12.8 Å². The number of halogens is 1. The second-order valence-corrected chi connectivity index (χ2v) is 4.68. The maximum Gasteiger partial charge on any atom is 0.220 e. The summed E-state index contributed by atoms with van der Waals surface area (Å²) in [6, 6.07) is 3.63. The van der Waals surface area contributed by atoms with Gasteiger partial charge in [0.2, 0.25) is 5.95 Å². The molecular weight excluding hydrogens is 245 g/mol. The van der Waals surface area contributed by atoms with Gasteiger partial charge in [-0.2, -0.15) is 0 Å². The molecule has 3 N–H and O–H groups in total. The predicted molar refractivity (Wildman–Crippen MR) is 70.8 cm³/mol. The summed E-state index contributed by atoms with van der Waals surface area (Å²) in [7, 11) is 0. The van der Waals surface area contributed by atoms with Crippen LogP contribution in [-0.4, -0.2) is 21.5 Å². The van der Waals surface area contributed by atoms with E-state index >= 15 is 0 Å². The van der Waals surface area contributed by atoms with Crippen molar-refractivity contribution in [2.24, 2.45) is 5.92 Å². The molecule has 2 heterocycles. The fraction of sp³-hybridized carbons (Fsp3) is 0.308. The van der Waals surface area contributed by atoms with E-state index in [4.69, 9.17) is 5.73 Å². The van der Waals surface area contributed by atoms with E-state index in [1.54, 1.807) is 12.3 Å². The summed E-state index contributed by atoms with van der Waals surface area (Å²) in [6.45, 7) is 0.942. The lowest BCUT2D eigenvalue weighted by Gasteiger charge is -2.07. The zero-order valence-electron chi connectivity index (χ0n) is 10.3. The number of pyridine rings is 1. The highest BCUT2D eigenvalue weighted by molar-refractivity contribution is 5.61. The monoisotopic (exact) mass is 259 g/mol. The molecule has 3 rings (SSSR count). The Bertz CT molecular complexity index is 597. The molecule has 98 valence electrons. The largest absolute Gasteiger partial charge is 0.385 e. The lowest BCUT2D eigenvalue weighted by atomic mass is 10.2. The van der Waals surface area contributed by atoms with E-state index in [0.29, 0.717) is 5.69 Å². The number of aromatic nitrogens is 3. The summed E-state index contributed by atoms with van der Waals surface area (Å²) in [5.41, 5.74) is 6.97. The van der Waals surface area contributed by atoms with Crippen LogP contribution in [0.1, 0.15) is 12.8 Å². The van der Waals surface area contributed by atoms with Gasteiger partial charge in [-0.3, -0.25) is 4.98 Å². The van der Waals surface area contributed by atoms with E-state index in [9.17, 15) is 4.39 Å². The van der Waals surface area contributed by atoms with Crippen LogP contribution in [-0.2, 0) is 0 Å². The topological polar surface area (TPSA) is 76.7 Å². The zero-order valence-corrected chi connectivity index (χ0v) is 10.3. The summed E-state index contributed by atoms with van der Waals surface area (Å²) in [6.07, 6.45) is 5.25. The molecule has 0 atom stereocenters. The Morgan fingerprint density at radius 1 is 1.37 bits per heavy atom. The number of nitrogens with one attached hydrogen (secondary N) is 1. The van der Waals surface area contributed by atoms with E-state index in [-0.39, 0.29) is 11.6 Å². The molecule has 0 spiro atoms. The SMILES string of the molecule is Nc1ncc(F)c(-c2cc(NCC3CC3)ccn2)n1. The Hall–Kier alpha value is -2.24. The van der Waals surface area contributed by atoms with E-state index < -0.39 is 5.82 Å². The average molecular weight is 259 g/mol. The minimum absolute atomic E-state index is 0.0366. The van der Waals surface area contributed by atoms with Crippen LogP contribution in [0.2, 0.25) is 0 Å². The van der Waals surface area contributed by atoms with Crippen molar-refractivity contribution in [1.82, 2.24) is 15.0 Å². The molecule has 0 aliphatic heterocycles. The predicted octanol–water partition coefficient (Wildman–Crippen LogP) is 2.08. The highest BCUT2D eigenvalue weighted by atomic mass is 19.1. The first-order valence-electron chi connectivity index (χ1n) is 6.20. The minimum atomic E-state index is -0.527. The minimum Gasteiger partial charge on any atom is -0.385 e. The Balaban J connectivity index is 1.86. The molecule has 2 aromatic rings. The number of rotatable bonds is 4. The van der Waals surface area contributed by atoms with Gasteiger partial charge in [-0.05, 0) is 30.9 Å². The van der Waals surface area contributed by atoms with Gasteiger partial charge in [0.15, 0.2) is 5.82 Å². The van der Waals surface area contributed by atoms with Crippen molar-refractivity contribution in [3.63, 3.8) is 0 Å². The van der Waals surface area contributed by atoms with Crippen molar-refractivity contribution in [1.29, 1.82) is 0 Å². The quantitative estimate of drug-likeness (QED) is 0.879. The van der Waals surface area contributed by atoms with E-state index in [2.05, 4.69) is 20.3 Å². The lowest BCUT2D eigenvalue weighted by molar-refractivity contribution is 0.618. The lowest BCUT2D eigenvalue weighted by Crippen LogP contribution is -2.04. The van der Waals surface area contributed by atoms with Crippen molar-refractivity contribution in [3.05, 3.63) is 30.3 Å². The molecule has 2 aromatic heterocycles. The molecule has 19 heavy (non-hydrogen) atoms. The van der Waals surface area contributed by atoms with Gasteiger partial charge in [-0.15, -0.1) is 0 Å². The molecule has 0 amide bonds. The summed E-state index contributed by atoms with van der Waals surface area (Å²) in [5, 5.41) is 3.31.